The minimum absolute atomic E-state index is 0.207. The highest BCUT2D eigenvalue weighted by atomic mass is 16.4. The predicted octanol–water partition coefficient (Wildman–Crippen LogP) is 3.28. The zero-order chi connectivity index (χ0) is 14.3. The number of aliphatic carboxylic acids is 1. The fourth-order valence-electron chi connectivity index (χ4n) is 3.94. The molecule has 1 aliphatic carbocycles. The smallest absolute Gasteiger partial charge is 0.308 e. The molecule has 0 aromatic heterocycles. The zero-order valence-electron chi connectivity index (χ0n) is 12.2. The maximum Gasteiger partial charge on any atom is 0.308 e. The highest BCUT2D eigenvalue weighted by Gasteiger charge is 2.39. The fourth-order valence-corrected chi connectivity index (χ4v) is 3.94. The lowest BCUT2D eigenvalue weighted by Gasteiger charge is -2.35. The summed E-state index contributed by atoms with van der Waals surface area (Å²) in [6.45, 7) is 5.96. The first-order valence-electron chi connectivity index (χ1n) is 7.63. The Bertz CT molecular complexity index is 513. The van der Waals surface area contributed by atoms with Gasteiger partial charge in [0.05, 0.1) is 5.92 Å². The van der Waals surface area contributed by atoms with Crippen molar-refractivity contribution < 1.29 is 9.90 Å². The predicted molar refractivity (Wildman–Crippen MR) is 78.7 cm³/mol. The Kier molecular flexibility index (Phi) is 3.55. The van der Waals surface area contributed by atoms with Crippen LogP contribution in [-0.2, 0) is 4.79 Å². The van der Waals surface area contributed by atoms with E-state index < -0.39 is 5.97 Å². The summed E-state index contributed by atoms with van der Waals surface area (Å²) in [5.41, 5.74) is 2.87. The number of rotatable bonds is 2. The van der Waals surface area contributed by atoms with Gasteiger partial charge in [-0.05, 0) is 35.8 Å². The number of hydrogen-bond donors (Lipinski definition) is 1. The second kappa shape index (κ2) is 5.21. The lowest BCUT2D eigenvalue weighted by atomic mass is 9.80. The van der Waals surface area contributed by atoms with Crippen molar-refractivity contribution in [2.75, 3.05) is 13.1 Å². The van der Waals surface area contributed by atoms with Crippen molar-refractivity contribution in [3.8, 4) is 0 Å². The molecule has 1 aliphatic heterocycles. The van der Waals surface area contributed by atoms with Crippen LogP contribution >= 0.6 is 0 Å². The number of hydrogen-bond acceptors (Lipinski definition) is 2. The van der Waals surface area contributed by atoms with Crippen molar-refractivity contribution in [2.24, 2.45) is 11.8 Å². The summed E-state index contributed by atoms with van der Waals surface area (Å²) in [4.78, 5) is 13.7. The van der Waals surface area contributed by atoms with Crippen LogP contribution in [-0.4, -0.2) is 29.1 Å². The molecule has 3 rings (SSSR count). The number of carboxylic acids is 1. The summed E-state index contributed by atoms with van der Waals surface area (Å²) >= 11 is 0. The molecule has 1 aromatic rings. The SMILES string of the molecule is CC1CCC(N2C[C@@H](C)[C@H](C(=O)O)C2)c2ccccc21. The highest BCUT2D eigenvalue weighted by molar-refractivity contribution is 5.71. The number of carboxylic acid groups (broad SMARTS) is 1. The minimum atomic E-state index is -0.641. The molecule has 2 aliphatic rings. The Morgan fingerprint density at radius 1 is 1.15 bits per heavy atom. The second-order valence-corrected chi connectivity index (χ2v) is 6.50. The van der Waals surface area contributed by atoms with Crippen LogP contribution in [0.1, 0.15) is 49.8 Å². The molecule has 1 N–H and O–H groups in total. The molecule has 1 heterocycles. The maximum absolute atomic E-state index is 11.3. The van der Waals surface area contributed by atoms with Crippen LogP contribution in [0.5, 0.6) is 0 Å². The topological polar surface area (TPSA) is 40.5 Å². The summed E-state index contributed by atoms with van der Waals surface area (Å²) < 4.78 is 0. The molecule has 0 bridgehead atoms. The van der Waals surface area contributed by atoms with Gasteiger partial charge in [-0.1, -0.05) is 38.1 Å². The van der Waals surface area contributed by atoms with E-state index in [1.54, 1.807) is 0 Å². The molecular weight excluding hydrogens is 250 g/mol. The molecule has 0 spiro atoms. The number of likely N-dealkylation sites (tertiary alicyclic amines) is 1. The molecule has 1 saturated heterocycles. The van der Waals surface area contributed by atoms with Crippen LogP contribution in [0.4, 0.5) is 0 Å². The van der Waals surface area contributed by atoms with Gasteiger partial charge in [-0.2, -0.15) is 0 Å². The zero-order valence-corrected chi connectivity index (χ0v) is 12.2. The van der Waals surface area contributed by atoms with Crippen molar-refractivity contribution in [3.63, 3.8) is 0 Å². The van der Waals surface area contributed by atoms with Crippen LogP contribution in [0.3, 0.4) is 0 Å². The summed E-state index contributed by atoms with van der Waals surface area (Å²) in [5.74, 6) is 0.0238. The van der Waals surface area contributed by atoms with E-state index in [2.05, 4.69) is 43.0 Å². The standard InChI is InChI=1S/C17H23NO2/c1-11-7-8-16(14-6-4-3-5-13(11)14)18-9-12(2)15(10-18)17(19)20/h3-6,11-12,15-16H,7-10H2,1-2H3,(H,19,20)/t11?,12-,15-,16?/m1/s1. The van der Waals surface area contributed by atoms with E-state index >= 15 is 0 Å². The molecule has 1 aromatic carbocycles. The van der Waals surface area contributed by atoms with E-state index in [-0.39, 0.29) is 11.8 Å². The average Bonchev–Trinajstić information content (AvgIpc) is 2.81. The van der Waals surface area contributed by atoms with Crippen LogP contribution in [0.2, 0.25) is 0 Å². The van der Waals surface area contributed by atoms with E-state index in [4.69, 9.17) is 0 Å². The lowest BCUT2D eigenvalue weighted by molar-refractivity contribution is -0.142. The fraction of sp³-hybridized carbons (Fsp3) is 0.588. The lowest BCUT2D eigenvalue weighted by Crippen LogP contribution is -2.31. The largest absolute Gasteiger partial charge is 0.481 e. The van der Waals surface area contributed by atoms with Crippen LogP contribution in [0, 0.1) is 11.8 Å². The van der Waals surface area contributed by atoms with Gasteiger partial charge in [-0.15, -0.1) is 0 Å². The Labute approximate surface area is 120 Å². The third-order valence-corrected chi connectivity index (χ3v) is 5.16. The summed E-state index contributed by atoms with van der Waals surface area (Å²) in [6.07, 6.45) is 2.35. The van der Waals surface area contributed by atoms with Crippen molar-refractivity contribution in [3.05, 3.63) is 35.4 Å². The van der Waals surface area contributed by atoms with Crippen molar-refractivity contribution >= 4 is 5.97 Å². The molecule has 0 saturated carbocycles. The molecule has 2 unspecified atom stereocenters. The molecule has 4 atom stereocenters. The first-order valence-corrected chi connectivity index (χ1v) is 7.63. The number of nitrogens with zero attached hydrogens (tertiary/aromatic N) is 1. The summed E-state index contributed by atoms with van der Waals surface area (Å²) in [6, 6.07) is 9.10. The van der Waals surface area contributed by atoms with Gasteiger partial charge in [-0.3, -0.25) is 9.69 Å². The molecule has 0 amide bonds. The molecule has 3 heteroatoms. The normalized spacial score (nSPS) is 33.9. The van der Waals surface area contributed by atoms with Crippen molar-refractivity contribution in [2.45, 2.75) is 38.6 Å². The van der Waals surface area contributed by atoms with E-state index in [1.807, 2.05) is 0 Å². The van der Waals surface area contributed by atoms with Gasteiger partial charge in [0.2, 0.25) is 0 Å². The number of carbonyl (C=O) groups is 1. The number of benzene rings is 1. The van der Waals surface area contributed by atoms with Gasteiger partial charge in [-0.25, -0.2) is 0 Å². The number of fused-ring (bicyclic) bond motifs is 1. The molecule has 20 heavy (non-hydrogen) atoms. The quantitative estimate of drug-likeness (QED) is 0.899. The Hall–Kier alpha value is -1.35. The first-order chi connectivity index (χ1) is 9.58. The highest BCUT2D eigenvalue weighted by Crippen LogP contribution is 2.42. The van der Waals surface area contributed by atoms with Crippen LogP contribution < -0.4 is 0 Å². The summed E-state index contributed by atoms with van der Waals surface area (Å²) in [7, 11) is 0. The van der Waals surface area contributed by atoms with Gasteiger partial charge in [0.15, 0.2) is 0 Å². The first kappa shape index (κ1) is 13.6. The third-order valence-electron chi connectivity index (χ3n) is 5.16. The van der Waals surface area contributed by atoms with Gasteiger partial charge in [0.1, 0.15) is 0 Å². The van der Waals surface area contributed by atoms with Gasteiger partial charge >= 0.3 is 5.97 Å². The molecule has 108 valence electrons. The van der Waals surface area contributed by atoms with E-state index in [1.165, 1.54) is 17.5 Å². The average molecular weight is 273 g/mol. The Balaban J connectivity index is 1.86. The van der Waals surface area contributed by atoms with Crippen molar-refractivity contribution in [1.82, 2.24) is 4.90 Å². The van der Waals surface area contributed by atoms with E-state index in [0.29, 0.717) is 18.5 Å². The Morgan fingerprint density at radius 2 is 1.85 bits per heavy atom. The molecular formula is C17H23NO2. The Morgan fingerprint density at radius 3 is 2.50 bits per heavy atom. The van der Waals surface area contributed by atoms with Crippen LogP contribution in [0.15, 0.2) is 24.3 Å². The molecule has 3 nitrogen and oxygen atoms in total. The van der Waals surface area contributed by atoms with Gasteiger partial charge < -0.3 is 5.11 Å². The maximum atomic E-state index is 11.3. The molecule has 0 radical (unpaired) electrons. The second-order valence-electron chi connectivity index (χ2n) is 6.50. The van der Waals surface area contributed by atoms with Gasteiger partial charge in [0, 0.05) is 19.1 Å². The third kappa shape index (κ3) is 2.24. The van der Waals surface area contributed by atoms with E-state index in [0.717, 1.165) is 13.0 Å². The monoisotopic (exact) mass is 273 g/mol. The minimum Gasteiger partial charge on any atom is -0.481 e. The van der Waals surface area contributed by atoms with Gasteiger partial charge in [0.25, 0.3) is 0 Å². The van der Waals surface area contributed by atoms with Crippen LogP contribution in [0.25, 0.3) is 0 Å². The van der Waals surface area contributed by atoms with E-state index in [9.17, 15) is 9.90 Å². The molecule has 1 fully saturated rings. The summed E-state index contributed by atoms with van der Waals surface area (Å²) in [5, 5.41) is 9.31. The van der Waals surface area contributed by atoms with Crippen molar-refractivity contribution in [1.29, 1.82) is 0 Å².